The second-order valence-electron chi connectivity index (χ2n) is 7.06. The van der Waals surface area contributed by atoms with Gasteiger partial charge in [-0.15, -0.1) is 11.7 Å². The summed E-state index contributed by atoms with van der Waals surface area (Å²) in [5, 5.41) is 16.3. The molecule has 31 heavy (non-hydrogen) atoms. The normalized spacial score (nSPS) is 13.1. The zero-order valence-electron chi connectivity index (χ0n) is 16.8. The number of carbonyl (C=O) groups excluding carboxylic acids is 2. The molecule has 0 fully saturated rings. The number of nitrogens with zero attached hydrogens (tertiary/aromatic N) is 3. The van der Waals surface area contributed by atoms with Gasteiger partial charge in [0.1, 0.15) is 4.88 Å². The van der Waals surface area contributed by atoms with Gasteiger partial charge in [0.05, 0.1) is 17.4 Å². The number of aromatic nitrogens is 1. The lowest BCUT2D eigenvalue weighted by Crippen LogP contribution is -2.25. The van der Waals surface area contributed by atoms with Crippen LogP contribution in [0.3, 0.4) is 0 Å². The molecule has 1 aliphatic rings. The van der Waals surface area contributed by atoms with Crippen molar-refractivity contribution in [1.29, 1.82) is 0 Å². The van der Waals surface area contributed by atoms with Crippen molar-refractivity contribution in [2.45, 2.75) is 19.9 Å². The zero-order valence-corrected chi connectivity index (χ0v) is 17.6. The molecular formula is C23H20N4O3S. The van der Waals surface area contributed by atoms with Crippen LogP contribution < -0.4 is 20.8 Å². The highest BCUT2D eigenvalue weighted by Crippen LogP contribution is 2.28. The van der Waals surface area contributed by atoms with E-state index in [1.165, 1.54) is 4.57 Å². The van der Waals surface area contributed by atoms with Gasteiger partial charge in [-0.25, -0.2) is 10.4 Å². The molecule has 0 bridgehead atoms. The maximum atomic E-state index is 12.6. The summed E-state index contributed by atoms with van der Waals surface area (Å²) in [4.78, 5) is 29.7. The van der Waals surface area contributed by atoms with Crippen LogP contribution in [0.25, 0.3) is 5.57 Å². The van der Waals surface area contributed by atoms with Gasteiger partial charge in [0.15, 0.2) is 0 Å². The molecule has 1 aromatic heterocycles. The number of amides is 2. The van der Waals surface area contributed by atoms with Gasteiger partial charge in [-0.2, -0.15) is 0 Å². The van der Waals surface area contributed by atoms with Crippen molar-refractivity contribution < 1.29 is 14.7 Å². The highest BCUT2D eigenvalue weighted by molar-refractivity contribution is 7.11. The summed E-state index contributed by atoms with van der Waals surface area (Å²) in [5.41, 5.74) is 4.71. The first-order chi connectivity index (χ1) is 15.0. The van der Waals surface area contributed by atoms with Gasteiger partial charge in [0, 0.05) is 11.8 Å². The van der Waals surface area contributed by atoms with Crippen LogP contribution in [0.1, 0.15) is 16.0 Å². The van der Waals surface area contributed by atoms with E-state index in [9.17, 15) is 14.7 Å². The van der Waals surface area contributed by atoms with Crippen molar-refractivity contribution in [3.63, 3.8) is 0 Å². The Hall–Kier alpha value is -3.78. The molecule has 2 aromatic carbocycles. The average Bonchev–Trinajstić information content (AvgIpc) is 3.23. The molecule has 0 atom stereocenters. The molecule has 2 N–H and O–H groups in total. The number of hydrogen-bond donors (Lipinski definition) is 2. The molecule has 0 spiro atoms. The van der Waals surface area contributed by atoms with Gasteiger partial charge in [-0.05, 0) is 24.6 Å². The first-order valence-corrected chi connectivity index (χ1v) is 10.4. The van der Waals surface area contributed by atoms with E-state index in [1.807, 2.05) is 49.4 Å². The Kier molecular flexibility index (Phi) is 5.64. The van der Waals surface area contributed by atoms with Crippen LogP contribution in [0.4, 0.5) is 0 Å². The molecule has 7 nitrogen and oxygen atoms in total. The fourth-order valence-corrected chi connectivity index (χ4v) is 4.37. The molecule has 2 amide bonds. The molecule has 0 saturated heterocycles. The van der Waals surface area contributed by atoms with Crippen molar-refractivity contribution in [3.8, 4) is 5.88 Å². The number of fused-ring (bicyclic) bond motifs is 1. The lowest BCUT2D eigenvalue weighted by molar-refractivity contribution is -0.120. The number of thiazole rings is 1. The van der Waals surface area contributed by atoms with Crippen LogP contribution in [-0.4, -0.2) is 21.5 Å². The molecule has 3 aromatic rings. The molecule has 0 saturated carbocycles. The predicted molar refractivity (Wildman–Crippen MR) is 117 cm³/mol. The van der Waals surface area contributed by atoms with Crippen LogP contribution in [-0.2, 0) is 22.6 Å². The van der Waals surface area contributed by atoms with Gasteiger partial charge in [-0.1, -0.05) is 59.4 Å². The van der Waals surface area contributed by atoms with Crippen molar-refractivity contribution in [3.05, 3.63) is 92.6 Å². The largest absolute Gasteiger partial charge is 0.493 e. The lowest BCUT2D eigenvalue weighted by Gasteiger charge is -2.03. The molecule has 0 radical (unpaired) electrons. The first kappa shape index (κ1) is 20.5. The van der Waals surface area contributed by atoms with E-state index in [0.717, 1.165) is 22.5 Å². The zero-order chi connectivity index (χ0) is 22.0. The number of nitrogens with one attached hydrogen (secondary N) is 1. The molecular weight excluding hydrogens is 412 g/mol. The number of aryl methyl sites for hydroxylation is 1. The Balaban J connectivity index is 1.75. The van der Waals surface area contributed by atoms with E-state index in [-0.39, 0.29) is 24.8 Å². The predicted octanol–water partition coefficient (Wildman–Crippen LogP) is 1.28. The maximum absolute atomic E-state index is 12.6. The van der Waals surface area contributed by atoms with Crippen LogP contribution >= 0.6 is 11.3 Å². The van der Waals surface area contributed by atoms with E-state index in [2.05, 4.69) is 22.1 Å². The van der Waals surface area contributed by atoms with Crippen molar-refractivity contribution >= 4 is 28.7 Å². The number of rotatable bonds is 6. The van der Waals surface area contributed by atoms with E-state index in [1.54, 1.807) is 12.1 Å². The molecule has 4 rings (SSSR count). The SMILES string of the molecule is C=CCn1c(O)c(C2=c3cc(C)ccc3=NC2=O)s/c1=N/NC(=O)Cc1ccccc1. The molecule has 2 heterocycles. The third-order valence-corrected chi connectivity index (χ3v) is 5.85. The third kappa shape index (κ3) is 4.10. The van der Waals surface area contributed by atoms with E-state index in [4.69, 9.17) is 0 Å². The Morgan fingerprint density at radius 2 is 2.06 bits per heavy atom. The fraction of sp³-hybridized carbons (Fsp3) is 0.130. The summed E-state index contributed by atoms with van der Waals surface area (Å²) in [7, 11) is 0. The number of carbonyl (C=O) groups is 2. The van der Waals surface area contributed by atoms with Gasteiger partial charge >= 0.3 is 0 Å². The smallest absolute Gasteiger partial charge is 0.279 e. The molecule has 0 unspecified atom stereocenters. The first-order valence-electron chi connectivity index (χ1n) is 9.62. The summed E-state index contributed by atoms with van der Waals surface area (Å²) in [6.45, 7) is 5.90. The molecule has 8 heteroatoms. The number of hydrogen-bond acceptors (Lipinski definition) is 5. The molecule has 1 aliphatic heterocycles. The third-order valence-electron chi connectivity index (χ3n) is 4.76. The van der Waals surface area contributed by atoms with Crippen LogP contribution in [0, 0.1) is 6.92 Å². The number of benzene rings is 2. The van der Waals surface area contributed by atoms with E-state index in [0.29, 0.717) is 25.8 Å². The van der Waals surface area contributed by atoms with Crippen molar-refractivity contribution in [2.24, 2.45) is 10.1 Å². The summed E-state index contributed by atoms with van der Waals surface area (Å²) in [5.74, 6) is -0.817. The summed E-state index contributed by atoms with van der Waals surface area (Å²) in [6, 6.07) is 14.9. The molecule has 156 valence electrons. The van der Waals surface area contributed by atoms with Crippen LogP contribution in [0.5, 0.6) is 5.88 Å². The van der Waals surface area contributed by atoms with E-state index >= 15 is 0 Å². The Labute approximate surface area is 182 Å². The Bertz CT molecular complexity index is 1380. The van der Waals surface area contributed by atoms with Gasteiger partial charge in [-0.3, -0.25) is 14.2 Å². The van der Waals surface area contributed by atoms with Gasteiger partial charge in [0.2, 0.25) is 16.6 Å². The topological polar surface area (TPSA) is 96.0 Å². The Morgan fingerprint density at radius 1 is 1.29 bits per heavy atom. The summed E-state index contributed by atoms with van der Waals surface area (Å²) < 4.78 is 1.49. The highest BCUT2D eigenvalue weighted by atomic mass is 32.1. The van der Waals surface area contributed by atoms with Crippen molar-refractivity contribution in [1.82, 2.24) is 9.99 Å². The van der Waals surface area contributed by atoms with Gasteiger partial charge < -0.3 is 5.11 Å². The van der Waals surface area contributed by atoms with Gasteiger partial charge in [0.25, 0.3) is 5.91 Å². The summed E-state index contributed by atoms with van der Waals surface area (Å²) >= 11 is 1.11. The average molecular weight is 433 g/mol. The molecule has 0 aliphatic carbocycles. The fourth-order valence-electron chi connectivity index (χ4n) is 3.32. The van der Waals surface area contributed by atoms with Crippen molar-refractivity contribution in [2.75, 3.05) is 0 Å². The minimum absolute atomic E-state index is 0.117. The monoisotopic (exact) mass is 432 g/mol. The maximum Gasteiger partial charge on any atom is 0.279 e. The minimum Gasteiger partial charge on any atom is -0.493 e. The quantitative estimate of drug-likeness (QED) is 0.454. The minimum atomic E-state index is -0.414. The number of aromatic hydroxyl groups is 1. The summed E-state index contributed by atoms with van der Waals surface area (Å²) in [6.07, 6.45) is 1.78. The van der Waals surface area contributed by atoms with E-state index < -0.39 is 5.91 Å². The number of allylic oxidation sites excluding steroid dienone is 1. The van der Waals surface area contributed by atoms with Crippen LogP contribution in [0.15, 0.2) is 71.3 Å². The lowest BCUT2D eigenvalue weighted by atomic mass is 10.1. The standard InChI is InChI=1S/C23H20N4O3S/c1-3-11-27-22(30)20(19-16-12-14(2)9-10-17(16)24-21(19)29)31-23(27)26-25-18(28)13-15-7-5-4-6-8-15/h3-10,12,30H,1,11,13H2,2H3,(H,25,28)/b26-23+. The highest BCUT2D eigenvalue weighted by Gasteiger charge is 2.25. The second-order valence-corrected chi connectivity index (χ2v) is 8.04. The Morgan fingerprint density at radius 3 is 2.81 bits per heavy atom. The second kappa shape index (κ2) is 8.53. The van der Waals surface area contributed by atoms with Crippen LogP contribution in [0.2, 0.25) is 0 Å².